The second-order valence-electron chi connectivity index (χ2n) is 5.34. The first-order valence-electron chi connectivity index (χ1n) is 7.60. The molecule has 1 aromatic heterocycles. The lowest BCUT2D eigenvalue weighted by molar-refractivity contribution is 0.586. The third-order valence-corrected chi connectivity index (χ3v) is 5.22. The van der Waals surface area contributed by atoms with Crippen LogP contribution in [0.1, 0.15) is 32.3 Å². The number of aromatic nitrogens is 2. The highest BCUT2D eigenvalue weighted by molar-refractivity contribution is 7.91. The van der Waals surface area contributed by atoms with Crippen LogP contribution in [0.2, 0.25) is 0 Å². The highest BCUT2D eigenvalue weighted by atomic mass is 32.2. The van der Waals surface area contributed by atoms with Crippen LogP contribution in [0, 0.1) is 0 Å². The fourth-order valence-corrected chi connectivity index (χ4v) is 3.68. The van der Waals surface area contributed by atoms with Crippen molar-refractivity contribution in [1.29, 1.82) is 0 Å². The van der Waals surface area contributed by atoms with Crippen LogP contribution in [0.5, 0.6) is 0 Å². The Morgan fingerprint density at radius 3 is 2.52 bits per heavy atom. The summed E-state index contributed by atoms with van der Waals surface area (Å²) in [5, 5.41) is 3.35. The van der Waals surface area contributed by atoms with Gasteiger partial charge in [0.05, 0.1) is 11.5 Å². The Kier molecular flexibility index (Phi) is 5.39. The fraction of sp³-hybridized carbons (Fsp3) is 0.714. The van der Waals surface area contributed by atoms with Gasteiger partial charge in [0.25, 0.3) is 0 Å². The summed E-state index contributed by atoms with van der Waals surface area (Å²) < 4.78 is 23.1. The quantitative estimate of drug-likeness (QED) is 0.857. The van der Waals surface area contributed by atoms with E-state index in [0.29, 0.717) is 13.1 Å². The molecule has 0 amide bonds. The molecular weight excluding hydrogens is 288 g/mol. The topological polar surface area (TPSA) is 75.2 Å². The highest BCUT2D eigenvalue weighted by Crippen LogP contribution is 2.26. The average molecular weight is 312 g/mol. The zero-order valence-electron chi connectivity index (χ0n) is 12.8. The van der Waals surface area contributed by atoms with Crippen molar-refractivity contribution in [2.24, 2.45) is 0 Å². The molecule has 0 spiro atoms. The van der Waals surface area contributed by atoms with Crippen LogP contribution in [0.25, 0.3) is 0 Å². The zero-order chi connectivity index (χ0) is 15.3. The fourth-order valence-electron chi connectivity index (χ4n) is 2.48. The van der Waals surface area contributed by atoms with Crippen LogP contribution in [0.4, 0.5) is 11.6 Å². The molecule has 0 radical (unpaired) electrons. The number of nitrogens with zero attached hydrogens (tertiary/aromatic N) is 3. The predicted molar refractivity (Wildman–Crippen MR) is 85.7 cm³/mol. The second kappa shape index (κ2) is 7.06. The number of hydrogen-bond donors (Lipinski definition) is 1. The molecular formula is C14H24N4O2S. The standard InChI is InChI=1S/C14H24N4O2S/c1-3-5-12-13(15-6-4-2)16-11-17-14(12)18-7-9-21(19,20)10-8-18/h11H,3-10H2,1-2H3,(H,15,16,17). The lowest BCUT2D eigenvalue weighted by atomic mass is 10.1. The van der Waals surface area contributed by atoms with Gasteiger partial charge < -0.3 is 10.2 Å². The van der Waals surface area contributed by atoms with E-state index in [9.17, 15) is 8.42 Å². The van der Waals surface area contributed by atoms with Gasteiger partial charge in [0.1, 0.15) is 18.0 Å². The smallest absolute Gasteiger partial charge is 0.153 e. The molecule has 0 unspecified atom stereocenters. The van der Waals surface area contributed by atoms with E-state index in [2.05, 4.69) is 34.0 Å². The van der Waals surface area contributed by atoms with E-state index in [1.165, 1.54) is 0 Å². The monoisotopic (exact) mass is 312 g/mol. The van der Waals surface area contributed by atoms with Gasteiger partial charge in [0.2, 0.25) is 0 Å². The molecule has 0 aromatic carbocycles. The number of hydrogen-bond acceptors (Lipinski definition) is 6. The molecule has 0 bridgehead atoms. The van der Waals surface area contributed by atoms with Crippen molar-refractivity contribution >= 4 is 21.5 Å². The molecule has 0 saturated carbocycles. The third-order valence-electron chi connectivity index (χ3n) is 3.61. The summed E-state index contributed by atoms with van der Waals surface area (Å²) in [5.74, 6) is 2.19. The van der Waals surface area contributed by atoms with Crippen molar-refractivity contribution in [2.75, 3.05) is 41.4 Å². The summed E-state index contributed by atoms with van der Waals surface area (Å²) in [7, 11) is -2.87. The molecule has 1 fully saturated rings. The summed E-state index contributed by atoms with van der Waals surface area (Å²) in [4.78, 5) is 10.8. The number of sulfone groups is 1. The largest absolute Gasteiger partial charge is 0.370 e. The van der Waals surface area contributed by atoms with Gasteiger partial charge in [0, 0.05) is 25.2 Å². The molecule has 1 saturated heterocycles. The van der Waals surface area contributed by atoms with Crippen LogP contribution in [-0.2, 0) is 16.3 Å². The summed E-state index contributed by atoms with van der Waals surface area (Å²) >= 11 is 0. The number of anilines is 2. The van der Waals surface area contributed by atoms with Gasteiger partial charge in [0.15, 0.2) is 9.84 Å². The van der Waals surface area contributed by atoms with Gasteiger partial charge in [-0.25, -0.2) is 18.4 Å². The Bertz CT molecular complexity index is 560. The van der Waals surface area contributed by atoms with Crippen molar-refractivity contribution < 1.29 is 8.42 Å². The van der Waals surface area contributed by atoms with Crippen molar-refractivity contribution in [2.45, 2.75) is 33.1 Å². The summed E-state index contributed by atoms with van der Waals surface area (Å²) in [6.07, 6.45) is 4.50. The minimum atomic E-state index is -2.87. The van der Waals surface area contributed by atoms with Crippen molar-refractivity contribution in [3.63, 3.8) is 0 Å². The van der Waals surface area contributed by atoms with Crippen molar-refractivity contribution in [3.05, 3.63) is 11.9 Å². The van der Waals surface area contributed by atoms with Crippen molar-refractivity contribution in [3.8, 4) is 0 Å². The Balaban J connectivity index is 2.25. The lowest BCUT2D eigenvalue weighted by Gasteiger charge is -2.29. The van der Waals surface area contributed by atoms with Crippen molar-refractivity contribution in [1.82, 2.24) is 9.97 Å². The van der Waals surface area contributed by atoms with E-state index in [4.69, 9.17) is 0 Å². The number of rotatable bonds is 6. The van der Waals surface area contributed by atoms with Crippen LogP contribution in [-0.4, -0.2) is 49.5 Å². The molecule has 118 valence electrons. The summed E-state index contributed by atoms with van der Waals surface area (Å²) in [6, 6.07) is 0. The molecule has 1 aromatic rings. The van der Waals surface area contributed by atoms with Crippen LogP contribution >= 0.6 is 0 Å². The Hall–Kier alpha value is -1.37. The van der Waals surface area contributed by atoms with E-state index < -0.39 is 9.84 Å². The van der Waals surface area contributed by atoms with Gasteiger partial charge in [-0.2, -0.15) is 0 Å². The van der Waals surface area contributed by atoms with E-state index in [-0.39, 0.29) is 11.5 Å². The van der Waals surface area contributed by atoms with E-state index in [1.54, 1.807) is 6.33 Å². The first-order valence-corrected chi connectivity index (χ1v) is 9.42. The maximum absolute atomic E-state index is 11.6. The first-order chi connectivity index (χ1) is 10.1. The molecule has 7 heteroatoms. The maximum Gasteiger partial charge on any atom is 0.153 e. The molecule has 1 N–H and O–H groups in total. The second-order valence-corrected chi connectivity index (χ2v) is 7.64. The molecule has 2 heterocycles. The minimum Gasteiger partial charge on any atom is -0.370 e. The molecule has 0 aliphatic carbocycles. The molecule has 1 aliphatic heterocycles. The van der Waals surface area contributed by atoms with Gasteiger partial charge in [-0.05, 0) is 12.8 Å². The Morgan fingerprint density at radius 1 is 1.19 bits per heavy atom. The van der Waals surface area contributed by atoms with E-state index in [0.717, 1.165) is 43.0 Å². The van der Waals surface area contributed by atoms with E-state index >= 15 is 0 Å². The maximum atomic E-state index is 11.6. The molecule has 2 rings (SSSR count). The number of nitrogens with one attached hydrogen (secondary N) is 1. The molecule has 0 atom stereocenters. The van der Waals surface area contributed by atoms with Crippen LogP contribution in [0.3, 0.4) is 0 Å². The predicted octanol–water partition coefficient (Wildman–Crippen LogP) is 1.49. The molecule has 1 aliphatic rings. The Labute approximate surface area is 126 Å². The van der Waals surface area contributed by atoms with Crippen LogP contribution in [0.15, 0.2) is 6.33 Å². The van der Waals surface area contributed by atoms with E-state index in [1.807, 2.05) is 0 Å². The Morgan fingerprint density at radius 2 is 1.90 bits per heavy atom. The summed E-state index contributed by atoms with van der Waals surface area (Å²) in [5.41, 5.74) is 1.10. The van der Waals surface area contributed by atoms with Crippen LogP contribution < -0.4 is 10.2 Å². The summed E-state index contributed by atoms with van der Waals surface area (Å²) in [6.45, 7) is 6.15. The molecule has 6 nitrogen and oxygen atoms in total. The normalized spacial score (nSPS) is 17.7. The molecule has 21 heavy (non-hydrogen) atoms. The first kappa shape index (κ1) is 16.0. The SMILES string of the molecule is CCCNc1ncnc(N2CCS(=O)(=O)CC2)c1CCC. The van der Waals surface area contributed by atoms with Gasteiger partial charge in [-0.3, -0.25) is 0 Å². The highest BCUT2D eigenvalue weighted by Gasteiger charge is 2.25. The van der Waals surface area contributed by atoms with Gasteiger partial charge in [-0.15, -0.1) is 0 Å². The van der Waals surface area contributed by atoms with Gasteiger partial charge >= 0.3 is 0 Å². The average Bonchev–Trinajstić information content (AvgIpc) is 2.46. The zero-order valence-corrected chi connectivity index (χ0v) is 13.6. The van der Waals surface area contributed by atoms with Gasteiger partial charge in [-0.1, -0.05) is 20.3 Å². The lowest BCUT2D eigenvalue weighted by Crippen LogP contribution is -2.41. The third kappa shape index (κ3) is 4.06. The minimum absolute atomic E-state index is 0.209.